The molecule has 114 valence electrons. The summed E-state index contributed by atoms with van der Waals surface area (Å²) in [5.41, 5.74) is 0.320. The van der Waals surface area contributed by atoms with Crippen LogP contribution in [0.15, 0.2) is 45.9 Å². The van der Waals surface area contributed by atoms with E-state index in [-0.39, 0.29) is 19.7 Å². The second-order valence-electron chi connectivity index (χ2n) is 4.43. The van der Waals surface area contributed by atoms with E-state index >= 15 is 0 Å². The van der Waals surface area contributed by atoms with Gasteiger partial charge in [0, 0.05) is 6.54 Å². The van der Waals surface area contributed by atoms with Gasteiger partial charge >= 0.3 is 0 Å². The summed E-state index contributed by atoms with van der Waals surface area (Å²) in [6.45, 7) is 1.54. The zero-order valence-corrected chi connectivity index (χ0v) is 12.3. The lowest BCUT2D eigenvalue weighted by Crippen LogP contribution is -2.31. The molecule has 7 heteroatoms. The van der Waals surface area contributed by atoms with Gasteiger partial charge in [-0.05, 0) is 29.8 Å². The summed E-state index contributed by atoms with van der Waals surface area (Å²) in [6, 6.07) is 6.89. The fourth-order valence-electron chi connectivity index (χ4n) is 1.93. The standard InChI is InChI=1S/C14H16FNO4S/c1-2-16(9-12-4-3-7-20-12)21(18,19)14-6-5-11(10-17)8-13(14)15/h3-8,17H,2,9-10H2,1H3. The minimum absolute atomic E-state index is 0.0347. The fraction of sp³-hybridized carbons (Fsp3) is 0.286. The average molecular weight is 313 g/mol. The first-order chi connectivity index (χ1) is 9.98. The van der Waals surface area contributed by atoms with Crippen LogP contribution in [0, 0.1) is 5.82 Å². The number of aliphatic hydroxyl groups excluding tert-OH is 1. The normalized spacial score (nSPS) is 12.0. The maximum atomic E-state index is 14.0. The van der Waals surface area contributed by atoms with E-state index in [0.717, 1.165) is 10.4 Å². The van der Waals surface area contributed by atoms with Gasteiger partial charge in [0.2, 0.25) is 10.0 Å². The van der Waals surface area contributed by atoms with Gasteiger partial charge < -0.3 is 9.52 Å². The van der Waals surface area contributed by atoms with Crippen LogP contribution in [-0.2, 0) is 23.2 Å². The predicted octanol–water partition coefficient (Wildman–Crippen LogP) is 2.12. The molecule has 0 amide bonds. The first kappa shape index (κ1) is 15.7. The largest absolute Gasteiger partial charge is 0.468 e. The van der Waals surface area contributed by atoms with Crippen LogP contribution in [0.4, 0.5) is 4.39 Å². The van der Waals surface area contributed by atoms with Gasteiger partial charge in [-0.2, -0.15) is 4.31 Å². The molecular formula is C14H16FNO4S. The Morgan fingerprint density at radius 3 is 2.62 bits per heavy atom. The second kappa shape index (κ2) is 6.38. The van der Waals surface area contributed by atoms with Crippen molar-refractivity contribution in [1.29, 1.82) is 0 Å². The molecule has 0 atom stereocenters. The lowest BCUT2D eigenvalue weighted by molar-refractivity contribution is 0.281. The zero-order valence-electron chi connectivity index (χ0n) is 11.5. The highest BCUT2D eigenvalue weighted by Gasteiger charge is 2.27. The molecule has 21 heavy (non-hydrogen) atoms. The molecule has 0 aliphatic rings. The van der Waals surface area contributed by atoms with Gasteiger partial charge in [0.25, 0.3) is 0 Å². The Labute approximate surface area is 122 Å². The van der Waals surface area contributed by atoms with Gasteiger partial charge in [0.05, 0.1) is 19.4 Å². The van der Waals surface area contributed by atoms with Crippen LogP contribution in [0.25, 0.3) is 0 Å². The second-order valence-corrected chi connectivity index (χ2v) is 6.34. The number of benzene rings is 1. The van der Waals surface area contributed by atoms with E-state index < -0.39 is 20.7 Å². The molecule has 0 spiro atoms. The van der Waals surface area contributed by atoms with Crippen molar-refractivity contribution in [3.63, 3.8) is 0 Å². The lowest BCUT2D eigenvalue weighted by atomic mass is 10.2. The molecular weight excluding hydrogens is 297 g/mol. The zero-order chi connectivity index (χ0) is 15.5. The van der Waals surface area contributed by atoms with E-state index in [4.69, 9.17) is 9.52 Å². The minimum Gasteiger partial charge on any atom is -0.468 e. The van der Waals surface area contributed by atoms with Gasteiger partial charge in [-0.25, -0.2) is 12.8 Å². The highest BCUT2D eigenvalue weighted by molar-refractivity contribution is 7.89. The molecule has 1 heterocycles. The molecule has 1 aromatic carbocycles. The number of furan rings is 1. The molecule has 0 unspecified atom stereocenters. The Hall–Kier alpha value is -1.70. The van der Waals surface area contributed by atoms with Crippen molar-refractivity contribution in [3.8, 4) is 0 Å². The quantitative estimate of drug-likeness (QED) is 0.887. The smallest absolute Gasteiger partial charge is 0.246 e. The molecule has 0 bridgehead atoms. The molecule has 2 rings (SSSR count). The first-order valence-electron chi connectivity index (χ1n) is 6.41. The van der Waals surface area contributed by atoms with Gasteiger partial charge in [-0.3, -0.25) is 0 Å². The van der Waals surface area contributed by atoms with E-state index in [1.807, 2.05) is 0 Å². The van der Waals surface area contributed by atoms with Gasteiger partial charge in [0.1, 0.15) is 16.5 Å². The van der Waals surface area contributed by atoms with Crippen LogP contribution >= 0.6 is 0 Å². The molecule has 0 aliphatic carbocycles. The Kier molecular flexibility index (Phi) is 4.76. The number of hydrogen-bond acceptors (Lipinski definition) is 4. The van der Waals surface area contributed by atoms with E-state index in [9.17, 15) is 12.8 Å². The Morgan fingerprint density at radius 1 is 1.33 bits per heavy atom. The van der Waals surface area contributed by atoms with Crippen LogP contribution in [0.1, 0.15) is 18.2 Å². The third-order valence-electron chi connectivity index (χ3n) is 3.06. The number of rotatable bonds is 6. The molecule has 0 fully saturated rings. The van der Waals surface area contributed by atoms with Crippen LogP contribution in [0.2, 0.25) is 0 Å². The summed E-state index contributed by atoms with van der Waals surface area (Å²) in [6.07, 6.45) is 1.45. The number of aliphatic hydroxyl groups is 1. The molecule has 1 aromatic heterocycles. The summed E-state index contributed by atoms with van der Waals surface area (Å²) in [7, 11) is -3.97. The Morgan fingerprint density at radius 2 is 2.10 bits per heavy atom. The highest BCUT2D eigenvalue weighted by atomic mass is 32.2. The van der Waals surface area contributed by atoms with Crippen LogP contribution in [0.5, 0.6) is 0 Å². The van der Waals surface area contributed by atoms with E-state index in [2.05, 4.69) is 0 Å². The van der Waals surface area contributed by atoms with E-state index in [1.165, 1.54) is 18.4 Å². The van der Waals surface area contributed by atoms with Gasteiger partial charge in [-0.15, -0.1) is 0 Å². The molecule has 1 N–H and O–H groups in total. The Bertz CT molecular complexity index is 698. The molecule has 0 aliphatic heterocycles. The maximum Gasteiger partial charge on any atom is 0.246 e. The lowest BCUT2D eigenvalue weighted by Gasteiger charge is -2.19. The third-order valence-corrected chi connectivity index (χ3v) is 5.02. The van der Waals surface area contributed by atoms with Crippen molar-refractivity contribution < 1.29 is 22.3 Å². The summed E-state index contributed by atoms with van der Waals surface area (Å²) in [4.78, 5) is -0.409. The monoisotopic (exact) mass is 313 g/mol. The van der Waals surface area contributed by atoms with Crippen LogP contribution in [-0.4, -0.2) is 24.4 Å². The summed E-state index contributed by atoms with van der Waals surface area (Å²) in [5, 5.41) is 8.94. The fourth-order valence-corrected chi connectivity index (χ4v) is 3.39. The van der Waals surface area contributed by atoms with Gasteiger partial charge in [0.15, 0.2) is 0 Å². The van der Waals surface area contributed by atoms with Crippen LogP contribution < -0.4 is 0 Å². The molecule has 5 nitrogen and oxygen atoms in total. The van der Waals surface area contributed by atoms with Crippen molar-refractivity contribution in [2.24, 2.45) is 0 Å². The van der Waals surface area contributed by atoms with E-state index in [0.29, 0.717) is 11.3 Å². The number of sulfonamides is 1. The van der Waals surface area contributed by atoms with Crippen LogP contribution in [0.3, 0.4) is 0 Å². The van der Waals surface area contributed by atoms with Crippen molar-refractivity contribution >= 4 is 10.0 Å². The van der Waals surface area contributed by atoms with Crippen molar-refractivity contribution in [2.45, 2.75) is 25.0 Å². The molecule has 2 aromatic rings. The Balaban J connectivity index is 2.35. The van der Waals surface area contributed by atoms with Crippen molar-refractivity contribution in [3.05, 3.63) is 53.7 Å². The van der Waals surface area contributed by atoms with Crippen molar-refractivity contribution in [2.75, 3.05) is 6.54 Å². The SMILES string of the molecule is CCN(Cc1ccco1)S(=O)(=O)c1ccc(CO)cc1F. The summed E-state index contributed by atoms with van der Waals surface area (Å²) in [5.74, 6) is -0.396. The third kappa shape index (κ3) is 3.31. The van der Waals surface area contributed by atoms with E-state index in [1.54, 1.807) is 19.1 Å². The number of nitrogens with zero attached hydrogens (tertiary/aromatic N) is 1. The highest BCUT2D eigenvalue weighted by Crippen LogP contribution is 2.22. The first-order valence-corrected chi connectivity index (χ1v) is 7.85. The maximum absolute atomic E-state index is 14.0. The van der Waals surface area contributed by atoms with Gasteiger partial charge in [-0.1, -0.05) is 13.0 Å². The molecule has 0 saturated carbocycles. The number of halogens is 1. The average Bonchev–Trinajstić information content (AvgIpc) is 2.97. The number of hydrogen-bond donors (Lipinski definition) is 1. The molecule has 0 saturated heterocycles. The topological polar surface area (TPSA) is 70.8 Å². The summed E-state index contributed by atoms with van der Waals surface area (Å²) < 4.78 is 45.2. The van der Waals surface area contributed by atoms with Crippen molar-refractivity contribution in [1.82, 2.24) is 4.31 Å². The summed E-state index contributed by atoms with van der Waals surface area (Å²) >= 11 is 0. The molecule has 0 radical (unpaired) electrons. The predicted molar refractivity (Wildman–Crippen MR) is 74.3 cm³/mol. The minimum atomic E-state index is -3.97.